The molecule has 0 heterocycles. The number of rotatable bonds is 12. The zero-order valence-electron chi connectivity index (χ0n) is 20.2. The summed E-state index contributed by atoms with van der Waals surface area (Å²) in [5, 5.41) is 3.02. The molecule has 185 valence electrons. The molecule has 3 aromatic rings. The molecule has 1 radical (unpaired) electrons. The monoisotopic (exact) mass is 480 g/mol. The van der Waals surface area contributed by atoms with E-state index in [0.29, 0.717) is 18.5 Å². The second kappa shape index (κ2) is 13.1. The predicted octanol–water partition coefficient (Wildman–Crippen LogP) is 8.26. The van der Waals surface area contributed by atoms with Gasteiger partial charge in [0.2, 0.25) is 0 Å². The number of alkyl halides is 3. The summed E-state index contributed by atoms with van der Waals surface area (Å²) >= 11 is 0. The van der Waals surface area contributed by atoms with Crippen LogP contribution in [0.1, 0.15) is 72.5 Å². The molecule has 0 aliphatic rings. The summed E-state index contributed by atoms with van der Waals surface area (Å²) in [6, 6.07) is 20.8. The van der Waals surface area contributed by atoms with Crippen LogP contribution in [0, 0.1) is 6.42 Å². The predicted molar refractivity (Wildman–Crippen MR) is 136 cm³/mol. The van der Waals surface area contributed by atoms with Gasteiger partial charge in [-0.05, 0) is 65.8 Å². The Morgan fingerprint density at radius 3 is 2.20 bits per heavy atom. The highest BCUT2D eigenvalue weighted by atomic mass is 19.4. The van der Waals surface area contributed by atoms with Crippen molar-refractivity contribution in [1.82, 2.24) is 5.32 Å². The summed E-state index contributed by atoms with van der Waals surface area (Å²) < 4.78 is 38.1. The largest absolute Gasteiger partial charge is 0.416 e. The smallest absolute Gasteiger partial charge is 0.352 e. The molecule has 1 N–H and O–H groups in total. The van der Waals surface area contributed by atoms with E-state index < -0.39 is 11.7 Å². The number of nitrogens with one attached hydrogen (secondary N) is 1. The average Bonchev–Trinajstić information content (AvgIpc) is 2.87. The molecular formula is C30H33F3NO. The van der Waals surface area contributed by atoms with Gasteiger partial charge in [-0.3, -0.25) is 4.79 Å². The molecule has 0 atom stereocenters. The van der Waals surface area contributed by atoms with Gasteiger partial charge < -0.3 is 5.32 Å². The van der Waals surface area contributed by atoms with Gasteiger partial charge in [0.25, 0.3) is 5.91 Å². The van der Waals surface area contributed by atoms with Crippen LogP contribution in [0.5, 0.6) is 0 Å². The van der Waals surface area contributed by atoms with Gasteiger partial charge >= 0.3 is 6.18 Å². The first-order valence-electron chi connectivity index (χ1n) is 12.3. The zero-order chi connectivity index (χ0) is 25.1. The highest BCUT2D eigenvalue weighted by Crippen LogP contribution is 2.29. The van der Waals surface area contributed by atoms with Crippen molar-refractivity contribution < 1.29 is 18.0 Å². The van der Waals surface area contributed by atoms with E-state index in [1.165, 1.54) is 37.8 Å². The van der Waals surface area contributed by atoms with Crippen LogP contribution in [-0.4, -0.2) is 12.5 Å². The Kier molecular flexibility index (Phi) is 9.95. The molecule has 5 heteroatoms. The number of hydrogen-bond donors (Lipinski definition) is 1. The Hall–Kier alpha value is -3.08. The maximum absolute atomic E-state index is 12.7. The van der Waals surface area contributed by atoms with Crippen LogP contribution in [0.25, 0.3) is 11.1 Å². The molecule has 0 aliphatic carbocycles. The molecule has 0 aromatic heterocycles. The Morgan fingerprint density at radius 1 is 0.829 bits per heavy atom. The molecule has 0 fully saturated rings. The fraction of sp³-hybridized carbons (Fsp3) is 0.333. The third kappa shape index (κ3) is 8.57. The molecule has 3 rings (SSSR count). The lowest BCUT2D eigenvalue weighted by molar-refractivity contribution is -0.137. The second-order valence-electron chi connectivity index (χ2n) is 8.83. The van der Waals surface area contributed by atoms with Crippen molar-refractivity contribution >= 4 is 5.91 Å². The Morgan fingerprint density at radius 2 is 1.51 bits per heavy atom. The van der Waals surface area contributed by atoms with Crippen molar-refractivity contribution in [1.29, 1.82) is 0 Å². The van der Waals surface area contributed by atoms with Crippen LogP contribution in [-0.2, 0) is 12.6 Å². The maximum atomic E-state index is 12.7. The van der Waals surface area contributed by atoms with Gasteiger partial charge in [-0.15, -0.1) is 0 Å². The molecule has 0 bridgehead atoms. The summed E-state index contributed by atoms with van der Waals surface area (Å²) in [6.07, 6.45) is 5.34. The SMILES string of the molecule is CCCCCCCCNC(=O)c1cccc(-c2ccc(C[CH]c3ccc(C(F)(F)F)cc3)cc2)c1. The van der Waals surface area contributed by atoms with E-state index in [9.17, 15) is 18.0 Å². The number of carbonyl (C=O) groups excluding carboxylic acids is 1. The molecule has 3 aromatic carbocycles. The Labute approximate surface area is 206 Å². The summed E-state index contributed by atoms with van der Waals surface area (Å²) in [6.45, 7) is 2.90. The fourth-order valence-electron chi connectivity index (χ4n) is 3.93. The summed E-state index contributed by atoms with van der Waals surface area (Å²) in [5.41, 5.74) is 3.79. The lowest BCUT2D eigenvalue weighted by Gasteiger charge is -2.09. The van der Waals surface area contributed by atoms with Gasteiger partial charge in [0.15, 0.2) is 0 Å². The lowest BCUT2D eigenvalue weighted by atomic mass is 9.99. The Balaban J connectivity index is 1.51. The number of halogens is 3. The van der Waals surface area contributed by atoms with E-state index in [4.69, 9.17) is 0 Å². The van der Waals surface area contributed by atoms with Crippen LogP contribution in [0.4, 0.5) is 13.2 Å². The standard InChI is InChI=1S/C30H33F3NO/c1-2-3-4-5-6-7-21-34-29(35)27-10-8-9-26(22-27)25-17-13-23(14-18-25)11-12-24-15-19-28(20-16-24)30(31,32)33/h8-10,12-20,22H,2-7,11,21H2,1H3,(H,34,35). The zero-order valence-corrected chi connectivity index (χ0v) is 20.2. The van der Waals surface area contributed by atoms with E-state index in [1.807, 2.05) is 55.0 Å². The average molecular weight is 481 g/mol. The minimum absolute atomic E-state index is 0.0526. The van der Waals surface area contributed by atoms with Gasteiger partial charge in [-0.25, -0.2) is 0 Å². The van der Waals surface area contributed by atoms with Crippen molar-refractivity contribution in [2.45, 2.75) is 58.0 Å². The van der Waals surface area contributed by atoms with Gasteiger partial charge in [-0.1, -0.05) is 87.6 Å². The van der Waals surface area contributed by atoms with Gasteiger partial charge in [0.05, 0.1) is 5.56 Å². The van der Waals surface area contributed by atoms with Crippen LogP contribution in [0.2, 0.25) is 0 Å². The van der Waals surface area contributed by atoms with E-state index >= 15 is 0 Å². The van der Waals surface area contributed by atoms with E-state index in [0.717, 1.165) is 47.2 Å². The third-order valence-corrected chi connectivity index (χ3v) is 6.04. The molecule has 1 amide bonds. The van der Waals surface area contributed by atoms with Gasteiger partial charge in [0, 0.05) is 12.1 Å². The molecule has 2 nitrogen and oxygen atoms in total. The number of unbranched alkanes of at least 4 members (excludes halogenated alkanes) is 5. The van der Waals surface area contributed by atoms with Gasteiger partial charge in [-0.2, -0.15) is 13.2 Å². The van der Waals surface area contributed by atoms with Gasteiger partial charge in [0.1, 0.15) is 0 Å². The number of hydrogen-bond acceptors (Lipinski definition) is 1. The quantitative estimate of drug-likeness (QED) is 0.260. The van der Waals surface area contributed by atoms with Crippen molar-refractivity contribution in [2.24, 2.45) is 0 Å². The molecule has 0 saturated carbocycles. The lowest BCUT2D eigenvalue weighted by Crippen LogP contribution is -2.24. The minimum Gasteiger partial charge on any atom is -0.352 e. The summed E-state index contributed by atoms with van der Waals surface area (Å²) in [7, 11) is 0. The molecule has 0 unspecified atom stereocenters. The van der Waals surface area contributed by atoms with Crippen LogP contribution < -0.4 is 5.32 Å². The fourth-order valence-corrected chi connectivity index (χ4v) is 3.93. The summed E-state index contributed by atoms with van der Waals surface area (Å²) in [5.74, 6) is -0.0526. The van der Waals surface area contributed by atoms with Crippen LogP contribution >= 0.6 is 0 Å². The molecule has 0 spiro atoms. The number of benzene rings is 3. The van der Waals surface area contributed by atoms with Crippen LogP contribution in [0.3, 0.4) is 0 Å². The van der Waals surface area contributed by atoms with E-state index in [1.54, 1.807) is 0 Å². The van der Waals surface area contributed by atoms with E-state index in [-0.39, 0.29) is 5.91 Å². The molecule has 35 heavy (non-hydrogen) atoms. The van der Waals surface area contributed by atoms with Crippen molar-refractivity contribution in [3.8, 4) is 11.1 Å². The second-order valence-corrected chi connectivity index (χ2v) is 8.83. The highest BCUT2D eigenvalue weighted by molar-refractivity contribution is 5.95. The maximum Gasteiger partial charge on any atom is 0.416 e. The normalized spacial score (nSPS) is 11.4. The third-order valence-electron chi connectivity index (χ3n) is 6.04. The van der Waals surface area contributed by atoms with E-state index in [2.05, 4.69) is 12.2 Å². The minimum atomic E-state index is -4.32. The number of amides is 1. The number of carbonyl (C=O) groups is 1. The topological polar surface area (TPSA) is 29.1 Å². The van der Waals surface area contributed by atoms with Crippen molar-refractivity contribution in [3.05, 3.63) is 101 Å². The first-order chi connectivity index (χ1) is 16.9. The summed E-state index contributed by atoms with van der Waals surface area (Å²) in [4.78, 5) is 12.5. The molecule has 0 saturated heterocycles. The highest BCUT2D eigenvalue weighted by Gasteiger charge is 2.29. The van der Waals surface area contributed by atoms with Crippen molar-refractivity contribution in [2.75, 3.05) is 6.54 Å². The molecular weight excluding hydrogens is 447 g/mol. The first-order valence-corrected chi connectivity index (χ1v) is 12.3. The van der Waals surface area contributed by atoms with Crippen LogP contribution in [0.15, 0.2) is 72.8 Å². The Bertz CT molecular complexity index is 1060. The van der Waals surface area contributed by atoms with Crippen molar-refractivity contribution in [3.63, 3.8) is 0 Å². The first kappa shape index (κ1) is 26.5. The molecule has 0 aliphatic heterocycles.